The van der Waals surface area contributed by atoms with E-state index in [-0.39, 0.29) is 17.7 Å². The number of rotatable bonds is 5. The number of aromatic nitrogens is 1. The third-order valence-corrected chi connectivity index (χ3v) is 3.32. The van der Waals surface area contributed by atoms with Gasteiger partial charge in [-0.15, -0.1) is 0 Å². The van der Waals surface area contributed by atoms with Crippen molar-refractivity contribution in [3.8, 4) is 0 Å². The van der Waals surface area contributed by atoms with Gasteiger partial charge < -0.3 is 0 Å². The van der Waals surface area contributed by atoms with E-state index in [1.807, 2.05) is 37.3 Å². The molecule has 2 aromatic rings. The van der Waals surface area contributed by atoms with E-state index in [4.69, 9.17) is 0 Å². The maximum absolute atomic E-state index is 12.3. The molecule has 5 nitrogen and oxygen atoms in total. The zero-order valence-electron chi connectivity index (χ0n) is 12.5. The van der Waals surface area contributed by atoms with Gasteiger partial charge in [0.05, 0.1) is 11.5 Å². The Morgan fingerprint density at radius 1 is 1.09 bits per heavy atom. The Morgan fingerprint density at radius 2 is 1.86 bits per heavy atom. The number of carbonyl (C=O) groups is 2. The molecule has 1 aromatic heterocycles. The monoisotopic (exact) mass is 297 g/mol. The van der Waals surface area contributed by atoms with Crippen LogP contribution in [0, 0.1) is 0 Å². The normalized spacial score (nSPS) is 11.5. The van der Waals surface area contributed by atoms with Gasteiger partial charge in [-0.05, 0) is 24.1 Å². The first-order chi connectivity index (χ1) is 10.7. The summed E-state index contributed by atoms with van der Waals surface area (Å²) in [5.41, 5.74) is 6.27. The summed E-state index contributed by atoms with van der Waals surface area (Å²) >= 11 is 0. The third kappa shape index (κ3) is 4.15. The van der Waals surface area contributed by atoms with Crippen molar-refractivity contribution in [3.05, 3.63) is 66.0 Å². The molecule has 0 bridgehead atoms. The molecule has 0 saturated heterocycles. The van der Waals surface area contributed by atoms with Crippen LogP contribution in [-0.2, 0) is 4.79 Å². The molecular weight excluding hydrogens is 278 g/mol. The zero-order chi connectivity index (χ0) is 15.8. The second-order valence-electron chi connectivity index (χ2n) is 4.94. The highest BCUT2D eigenvalue weighted by Gasteiger charge is 2.20. The van der Waals surface area contributed by atoms with Gasteiger partial charge in [0.2, 0.25) is 5.91 Å². The number of benzene rings is 1. The molecule has 0 aliphatic carbocycles. The van der Waals surface area contributed by atoms with Crippen molar-refractivity contribution >= 4 is 11.8 Å². The fourth-order valence-electron chi connectivity index (χ4n) is 2.20. The summed E-state index contributed by atoms with van der Waals surface area (Å²) in [6, 6.07) is 12.9. The second-order valence-corrected chi connectivity index (χ2v) is 4.94. The first-order valence-electron chi connectivity index (χ1n) is 7.27. The number of nitrogens with zero attached hydrogens (tertiary/aromatic N) is 1. The van der Waals surface area contributed by atoms with Gasteiger partial charge in [-0.3, -0.25) is 25.4 Å². The van der Waals surface area contributed by atoms with E-state index in [2.05, 4.69) is 15.8 Å². The lowest BCUT2D eigenvalue weighted by Gasteiger charge is -2.16. The van der Waals surface area contributed by atoms with E-state index >= 15 is 0 Å². The first-order valence-corrected chi connectivity index (χ1v) is 7.27. The van der Waals surface area contributed by atoms with Crippen LogP contribution in [0.25, 0.3) is 0 Å². The van der Waals surface area contributed by atoms with Crippen LogP contribution in [0.2, 0.25) is 0 Å². The number of hydrogen-bond acceptors (Lipinski definition) is 3. The van der Waals surface area contributed by atoms with Crippen LogP contribution in [0.4, 0.5) is 0 Å². The molecule has 5 heteroatoms. The van der Waals surface area contributed by atoms with Crippen LogP contribution < -0.4 is 10.9 Å². The van der Waals surface area contributed by atoms with Crippen molar-refractivity contribution < 1.29 is 9.59 Å². The maximum Gasteiger partial charge on any atom is 0.271 e. The van der Waals surface area contributed by atoms with Crippen LogP contribution in [0.5, 0.6) is 0 Å². The summed E-state index contributed by atoms with van der Waals surface area (Å²) in [6.45, 7) is 2.03. The molecule has 2 rings (SSSR count). The van der Waals surface area contributed by atoms with Crippen LogP contribution in [0.3, 0.4) is 0 Å². The predicted octanol–water partition coefficient (Wildman–Crippen LogP) is 2.43. The molecule has 1 aromatic carbocycles. The summed E-state index contributed by atoms with van der Waals surface area (Å²) in [4.78, 5) is 28.1. The summed E-state index contributed by atoms with van der Waals surface area (Å²) in [5, 5.41) is 0. The van der Waals surface area contributed by atoms with E-state index in [1.54, 1.807) is 18.3 Å². The molecule has 2 amide bonds. The summed E-state index contributed by atoms with van der Waals surface area (Å²) in [7, 11) is 0. The number of hydrogen-bond donors (Lipinski definition) is 2. The highest BCUT2D eigenvalue weighted by atomic mass is 16.2. The smallest absolute Gasteiger partial charge is 0.271 e. The van der Waals surface area contributed by atoms with Gasteiger partial charge in [0.25, 0.3) is 5.91 Å². The second kappa shape index (κ2) is 7.93. The van der Waals surface area contributed by atoms with Gasteiger partial charge in [0, 0.05) is 12.4 Å². The Balaban J connectivity index is 1.99. The van der Waals surface area contributed by atoms with Crippen LogP contribution in [0.15, 0.2) is 54.9 Å². The Hall–Kier alpha value is -2.69. The summed E-state index contributed by atoms with van der Waals surface area (Å²) in [6.07, 6.45) is 4.63. The minimum atomic E-state index is -0.384. The third-order valence-electron chi connectivity index (χ3n) is 3.32. The average Bonchev–Trinajstić information content (AvgIpc) is 2.58. The van der Waals surface area contributed by atoms with Crippen molar-refractivity contribution in [2.45, 2.75) is 25.7 Å². The number of nitrogens with one attached hydrogen (secondary N) is 2. The highest BCUT2D eigenvalue weighted by Crippen LogP contribution is 2.20. The fourth-order valence-corrected chi connectivity index (χ4v) is 2.20. The van der Waals surface area contributed by atoms with Gasteiger partial charge in [0.15, 0.2) is 0 Å². The molecule has 22 heavy (non-hydrogen) atoms. The topological polar surface area (TPSA) is 71.1 Å². The van der Waals surface area contributed by atoms with E-state index < -0.39 is 0 Å². The molecule has 1 heterocycles. The Morgan fingerprint density at radius 3 is 2.50 bits per heavy atom. The molecule has 0 aliphatic heterocycles. The quantitative estimate of drug-likeness (QED) is 0.833. The van der Waals surface area contributed by atoms with E-state index in [1.165, 1.54) is 6.20 Å². The van der Waals surface area contributed by atoms with Crippen LogP contribution >= 0.6 is 0 Å². The van der Waals surface area contributed by atoms with Crippen molar-refractivity contribution in [1.29, 1.82) is 0 Å². The SMILES string of the molecule is CCCC(C(=O)NNC(=O)c1cccnc1)c1ccccc1. The van der Waals surface area contributed by atoms with Crippen LogP contribution in [-0.4, -0.2) is 16.8 Å². The molecule has 0 radical (unpaired) electrons. The van der Waals surface area contributed by atoms with Crippen molar-refractivity contribution in [1.82, 2.24) is 15.8 Å². The minimum Gasteiger partial charge on any atom is -0.273 e. The number of carbonyl (C=O) groups excluding carboxylic acids is 2. The van der Waals surface area contributed by atoms with Gasteiger partial charge in [-0.25, -0.2) is 0 Å². The largest absolute Gasteiger partial charge is 0.273 e. The maximum atomic E-state index is 12.3. The van der Waals surface area contributed by atoms with Crippen molar-refractivity contribution in [2.75, 3.05) is 0 Å². The van der Waals surface area contributed by atoms with E-state index in [0.29, 0.717) is 5.56 Å². The summed E-state index contributed by atoms with van der Waals surface area (Å²) in [5.74, 6) is -0.879. The molecule has 114 valence electrons. The molecule has 0 spiro atoms. The Kier molecular flexibility index (Phi) is 5.65. The molecule has 0 aliphatic rings. The molecule has 1 atom stereocenters. The average molecular weight is 297 g/mol. The number of pyridine rings is 1. The fraction of sp³-hybridized carbons (Fsp3) is 0.235. The van der Waals surface area contributed by atoms with Crippen molar-refractivity contribution in [3.63, 3.8) is 0 Å². The first kappa shape index (κ1) is 15.7. The molecular formula is C17H19N3O2. The highest BCUT2D eigenvalue weighted by molar-refractivity contribution is 5.95. The standard InChI is InChI=1S/C17H19N3O2/c1-2-7-15(13-8-4-3-5-9-13)17(22)20-19-16(21)14-10-6-11-18-12-14/h3-6,8-12,15H,2,7H2,1H3,(H,19,21)(H,20,22). The van der Waals surface area contributed by atoms with Gasteiger partial charge in [-0.1, -0.05) is 43.7 Å². The summed E-state index contributed by atoms with van der Waals surface area (Å²) < 4.78 is 0. The van der Waals surface area contributed by atoms with E-state index in [9.17, 15) is 9.59 Å². The predicted molar refractivity (Wildman–Crippen MR) is 83.9 cm³/mol. The zero-order valence-corrected chi connectivity index (χ0v) is 12.5. The van der Waals surface area contributed by atoms with E-state index in [0.717, 1.165) is 18.4 Å². The molecule has 0 fully saturated rings. The lowest BCUT2D eigenvalue weighted by Crippen LogP contribution is -2.44. The molecule has 1 unspecified atom stereocenters. The Bertz CT molecular complexity index is 614. The molecule has 0 saturated carbocycles. The lowest BCUT2D eigenvalue weighted by molar-refractivity contribution is -0.123. The van der Waals surface area contributed by atoms with Crippen LogP contribution in [0.1, 0.15) is 41.6 Å². The van der Waals surface area contributed by atoms with Gasteiger partial charge in [0.1, 0.15) is 0 Å². The number of amides is 2. The minimum absolute atomic E-state index is 0.217. The van der Waals surface area contributed by atoms with Gasteiger partial charge >= 0.3 is 0 Å². The van der Waals surface area contributed by atoms with Gasteiger partial charge in [-0.2, -0.15) is 0 Å². The molecule has 2 N–H and O–H groups in total. The van der Waals surface area contributed by atoms with Crippen molar-refractivity contribution in [2.24, 2.45) is 0 Å². The number of hydrazine groups is 1. The lowest BCUT2D eigenvalue weighted by atomic mass is 9.94. The Labute approximate surface area is 129 Å².